The molecule has 1 aromatic rings. The Morgan fingerprint density at radius 3 is 2.58 bits per heavy atom. The molecule has 0 unspecified atom stereocenters. The Kier molecular flexibility index (Phi) is 3.30. The van der Waals surface area contributed by atoms with E-state index in [1.807, 2.05) is 0 Å². The SMILES string of the molecule is Cc1ccccc1CC[C@H](C)N. The Hall–Kier alpha value is -0.820. The van der Waals surface area contributed by atoms with Crippen LogP contribution >= 0.6 is 0 Å². The highest BCUT2D eigenvalue weighted by molar-refractivity contribution is 5.25. The number of hydrogen-bond acceptors (Lipinski definition) is 1. The minimum absolute atomic E-state index is 0.310. The molecule has 0 amide bonds. The van der Waals surface area contributed by atoms with Gasteiger partial charge in [-0.15, -0.1) is 0 Å². The van der Waals surface area contributed by atoms with Gasteiger partial charge in [-0.25, -0.2) is 0 Å². The van der Waals surface area contributed by atoms with Gasteiger partial charge in [0.25, 0.3) is 0 Å². The third-order valence-corrected chi connectivity index (χ3v) is 2.13. The van der Waals surface area contributed by atoms with Gasteiger partial charge in [-0.1, -0.05) is 24.3 Å². The molecule has 0 saturated carbocycles. The first kappa shape index (κ1) is 9.27. The molecule has 0 aliphatic carbocycles. The summed E-state index contributed by atoms with van der Waals surface area (Å²) in [7, 11) is 0. The molecule has 0 aliphatic heterocycles. The first-order valence-corrected chi connectivity index (χ1v) is 4.50. The lowest BCUT2D eigenvalue weighted by Gasteiger charge is -2.07. The number of benzene rings is 1. The van der Waals surface area contributed by atoms with E-state index in [0.717, 1.165) is 12.8 Å². The topological polar surface area (TPSA) is 26.0 Å². The summed E-state index contributed by atoms with van der Waals surface area (Å²) < 4.78 is 0. The van der Waals surface area contributed by atoms with Gasteiger partial charge in [-0.2, -0.15) is 0 Å². The molecule has 12 heavy (non-hydrogen) atoms. The summed E-state index contributed by atoms with van der Waals surface area (Å²) in [4.78, 5) is 0. The van der Waals surface area contributed by atoms with Crippen molar-refractivity contribution >= 4 is 0 Å². The van der Waals surface area contributed by atoms with Crippen LogP contribution in [0.5, 0.6) is 0 Å². The lowest BCUT2D eigenvalue weighted by Crippen LogP contribution is -2.15. The van der Waals surface area contributed by atoms with Crippen LogP contribution in [0.3, 0.4) is 0 Å². The van der Waals surface area contributed by atoms with Crippen LogP contribution in [-0.2, 0) is 6.42 Å². The van der Waals surface area contributed by atoms with Crippen LogP contribution in [0.4, 0.5) is 0 Å². The van der Waals surface area contributed by atoms with Crippen LogP contribution in [-0.4, -0.2) is 6.04 Å². The summed E-state index contributed by atoms with van der Waals surface area (Å²) in [6, 6.07) is 8.80. The molecule has 2 N–H and O–H groups in total. The predicted molar refractivity (Wildman–Crippen MR) is 53.1 cm³/mol. The zero-order chi connectivity index (χ0) is 8.97. The zero-order valence-corrected chi connectivity index (χ0v) is 7.88. The molecule has 0 aromatic heterocycles. The minimum atomic E-state index is 0.310. The van der Waals surface area contributed by atoms with Gasteiger partial charge in [0.05, 0.1) is 0 Å². The lowest BCUT2D eigenvalue weighted by molar-refractivity contribution is 0.664. The van der Waals surface area contributed by atoms with Crippen molar-refractivity contribution in [1.82, 2.24) is 0 Å². The molecule has 0 bridgehead atoms. The van der Waals surface area contributed by atoms with Gasteiger partial charge >= 0.3 is 0 Å². The largest absolute Gasteiger partial charge is 0.328 e. The normalized spacial score (nSPS) is 12.9. The van der Waals surface area contributed by atoms with Gasteiger partial charge in [0.15, 0.2) is 0 Å². The van der Waals surface area contributed by atoms with Crippen molar-refractivity contribution in [2.45, 2.75) is 32.7 Å². The van der Waals surface area contributed by atoms with E-state index in [4.69, 9.17) is 5.73 Å². The van der Waals surface area contributed by atoms with Gasteiger partial charge in [0, 0.05) is 6.04 Å². The molecule has 66 valence electrons. The fourth-order valence-electron chi connectivity index (χ4n) is 1.27. The zero-order valence-electron chi connectivity index (χ0n) is 7.88. The van der Waals surface area contributed by atoms with E-state index in [9.17, 15) is 0 Å². The van der Waals surface area contributed by atoms with E-state index in [0.29, 0.717) is 6.04 Å². The van der Waals surface area contributed by atoms with E-state index in [1.165, 1.54) is 11.1 Å². The van der Waals surface area contributed by atoms with E-state index in [2.05, 4.69) is 38.1 Å². The highest BCUT2D eigenvalue weighted by Crippen LogP contribution is 2.09. The Morgan fingerprint density at radius 1 is 1.33 bits per heavy atom. The second kappa shape index (κ2) is 4.27. The lowest BCUT2D eigenvalue weighted by atomic mass is 10.0. The quantitative estimate of drug-likeness (QED) is 0.726. The van der Waals surface area contributed by atoms with Gasteiger partial charge in [-0.05, 0) is 37.8 Å². The van der Waals surface area contributed by atoms with Gasteiger partial charge in [0.2, 0.25) is 0 Å². The standard InChI is InChI=1S/C11H17N/c1-9-5-3-4-6-11(9)8-7-10(2)12/h3-6,10H,7-8,12H2,1-2H3/t10-/m0/s1. The Balaban J connectivity index is 2.57. The molecular weight excluding hydrogens is 146 g/mol. The van der Waals surface area contributed by atoms with Crippen LogP contribution in [0, 0.1) is 6.92 Å². The predicted octanol–water partition coefficient (Wildman–Crippen LogP) is 2.27. The summed E-state index contributed by atoms with van der Waals surface area (Å²) in [5.41, 5.74) is 8.49. The third-order valence-electron chi connectivity index (χ3n) is 2.13. The van der Waals surface area contributed by atoms with Crippen molar-refractivity contribution < 1.29 is 0 Å². The summed E-state index contributed by atoms with van der Waals surface area (Å²) in [6.07, 6.45) is 2.18. The van der Waals surface area contributed by atoms with Gasteiger partial charge in [-0.3, -0.25) is 0 Å². The molecule has 1 nitrogen and oxygen atoms in total. The minimum Gasteiger partial charge on any atom is -0.328 e. The van der Waals surface area contributed by atoms with Crippen LogP contribution < -0.4 is 5.73 Å². The molecule has 0 saturated heterocycles. The van der Waals surface area contributed by atoms with E-state index < -0.39 is 0 Å². The van der Waals surface area contributed by atoms with Crippen molar-refractivity contribution in [3.05, 3.63) is 35.4 Å². The molecule has 1 atom stereocenters. The summed E-state index contributed by atoms with van der Waals surface area (Å²) in [6.45, 7) is 4.20. The molecule has 1 rings (SSSR count). The van der Waals surface area contributed by atoms with Gasteiger partial charge < -0.3 is 5.73 Å². The Bertz CT molecular complexity index is 241. The maximum absolute atomic E-state index is 5.69. The third kappa shape index (κ3) is 2.67. The smallest absolute Gasteiger partial charge is 0.00136 e. The van der Waals surface area contributed by atoms with Crippen molar-refractivity contribution in [1.29, 1.82) is 0 Å². The van der Waals surface area contributed by atoms with Crippen LogP contribution in [0.15, 0.2) is 24.3 Å². The van der Waals surface area contributed by atoms with Crippen LogP contribution in [0.25, 0.3) is 0 Å². The highest BCUT2D eigenvalue weighted by atomic mass is 14.6. The molecule has 1 heteroatoms. The number of nitrogens with two attached hydrogens (primary N) is 1. The van der Waals surface area contributed by atoms with Gasteiger partial charge in [0.1, 0.15) is 0 Å². The van der Waals surface area contributed by atoms with E-state index in [1.54, 1.807) is 0 Å². The molecular formula is C11H17N. The van der Waals surface area contributed by atoms with Crippen molar-refractivity contribution in [2.24, 2.45) is 5.73 Å². The average Bonchev–Trinajstić information content (AvgIpc) is 2.03. The molecule has 0 spiro atoms. The first-order chi connectivity index (χ1) is 5.70. The van der Waals surface area contributed by atoms with Crippen LogP contribution in [0.2, 0.25) is 0 Å². The number of rotatable bonds is 3. The average molecular weight is 163 g/mol. The summed E-state index contributed by atoms with van der Waals surface area (Å²) in [5, 5.41) is 0. The molecule has 0 radical (unpaired) electrons. The molecule has 0 fully saturated rings. The maximum atomic E-state index is 5.69. The molecule has 0 aliphatic rings. The summed E-state index contributed by atoms with van der Waals surface area (Å²) in [5.74, 6) is 0. The second-order valence-corrected chi connectivity index (χ2v) is 3.44. The Labute approximate surface area is 74.6 Å². The fourth-order valence-corrected chi connectivity index (χ4v) is 1.27. The highest BCUT2D eigenvalue weighted by Gasteiger charge is 1.98. The Morgan fingerprint density at radius 2 is 2.00 bits per heavy atom. The van der Waals surface area contributed by atoms with Crippen molar-refractivity contribution in [3.63, 3.8) is 0 Å². The first-order valence-electron chi connectivity index (χ1n) is 4.50. The number of hydrogen-bond donors (Lipinski definition) is 1. The van der Waals surface area contributed by atoms with Crippen molar-refractivity contribution in [3.8, 4) is 0 Å². The van der Waals surface area contributed by atoms with E-state index >= 15 is 0 Å². The monoisotopic (exact) mass is 163 g/mol. The maximum Gasteiger partial charge on any atom is 0.00136 e. The fraction of sp³-hybridized carbons (Fsp3) is 0.455. The second-order valence-electron chi connectivity index (χ2n) is 3.44. The van der Waals surface area contributed by atoms with Crippen LogP contribution in [0.1, 0.15) is 24.5 Å². The molecule has 0 heterocycles. The van der Waals surface area contributed by atoms with E-state index in [-0.39, 0.29) is 0 Å². The summed E-state index contributed by atoms with van der Waals surface area (Å²) >= 11 is 0. The van der Waals surface area contributed by atoms with Crippen molar-refractivity contribution in [2.75, 3.05) is 0 Å². The number of aryl methyl sites for hydroxylation is 2. The molecule has 1 aromatic carbocycles.